The average molecular weight is 288 g/mol. The standard InChI is InChI=1S/C17H18ClNO/c1-19-11-13-4-2-3-5-15(13)16(19)10-17(20)12-6-8-14(18)9-7-12/h2-9,16-17,20H,10-11H2,1H3/t16-,17+/m1/s1. The molecular formula is C17H18ClNO. The van der Waals surface area contributed by atoms with Crippen molar-refractivity contribution in [1.29, 1.82) is 0 Å². The summed E-state index contributed by atoms with van der Waals surface area (Å²) in [4.78, 5) is 2.30. The van der Waals surface area contributed by atoms with Crippen LogP contribution in [0.3, 0.4) is 0 Å². The van der Waals surface area contributed by atoms with Crippen LogP contribution in [0.2, 0.25) is 5.02 Å². The highest BCUT2D eigenvalue weighted by atomic mass is 35.5. The summed E-state index contributed by atoms with van der Waals surface area (Å²) in [5.41, 5.74) is 3.62. The number of hydrogen-bond acceptors (Lipinski definition) is 2. The third-order valence-electron chi connectivity index (χ3n) is 4.07. The first-order valence-corrected chi connectivity index (χ1v) is 7.24. The lowest BCUT2D eigenvalue weighted by molar-refractivity contribution is 0.120. The molecule has 3 rings (SSSR count). The molecule has 0 spiro atoms. The zero-order valence-corrected chi connectivity index (χ0v) is 12.2. The Kier molecular flexibility index (Phi) is 3.79. The van der Waals surface area contributed by atoms with E-state index < -0.39 is 6.10 Å². The lowest BCUT2D eigenvalue weighted by Gasteiger charge is -2.23. The van der Waals surface area contributed by atoms with Crippen LogP contribution >= 0.6 is 11.6 Å². The lowest BCUT2D eigenvalue weighted by Crippen LogP contribution is -2.19. The molecule has 2 nitrogen and oxygen atoms in total. The number of benzene rings is 2. The monoisotopic (exact) mass is 287 g/mol. The van der Waals surface area contributed by atoms with Gasteiger partial charge in [0.2, 0.25) is 0 Å². The van der Waals surface area contributed by atoms with E-state index in [0.717, 1.165) is 12.1 Å². The number of halogens is 1. The summed E-state index contributed by atoms with van der Waals surface area (Å²) in [6.07, 6.45) is 0.237. The minimum Gasteiger partial charge on any atom is -0.388 e. The maximum absolute atomic E-state index is 10.4. The molecule has 0 aromatic heterocycles. The summed E-state index contributed by atoms with van der Waals surface area (Å²) in [6.45, 7) is 0.953. The fourth-order valence-corrected chi connectivity index (χ4v) is 3.08. The van der Waals surface area contributed by atoms with Gasteiger partial charge >= 0.3 is 0 Å². The van der Waals surface area contributed by atoms with Crippen LogP contribution in [0.1, 0.15) is 35.3 Å². The molecule has 1 heterocycles. The molecule has 0 bridgehead atoms. The van der Waals surface area contributed by atoms with Crippen molar-refractivity contribution < 1.29 is 5.11 Å². The normalized spacial score (nSPS) is 19.9. The van der Waals surface area contributed by atoms with Crippen molar-refractivity contribution in [3.63, 3.8) is 0 Å². The quantitative estimate of drug-likeness (QED) is 0.924. The first kappa shape index (κ1) is 13.6. The molecule has 20 heavy (non-hydrogen) atoms. The summed E-state index contributed by atoms with van der Waals surface area (Å²) >= 11 is 5.89. The van der Waals surface area contributed by atoms with Gasteiger partial charge in [-0.05, 0) is 42.3 Å². The molecule has 0 unspecified atom stereocenters. The van der Waals surface area contributed by atoms with Crippen LogP contribution in [0, 0.1) is 0 Å². The van der Waals surface area contributed by atoms with Crippen molar-refractivity contribution >= 4 is 11.6 Å². The summed E-state index contributed by atoms with van der Waals surface area (Å²) < 4.78 is 0. The minimum absolute atomic E-state index is 0.275. The molecule has 0 saturated carbocycles. The molecule has 0 radical (unpaired) electrons. The highest BCUT2D eigenvalue weighted by Gasteiger charge is 2.29. The maximum Gasteiger partial charge on any atom is 0.0808 e. The Bertz CT molecular complexity index is 596. The molecule has 0 amide bonds. The Morgan fingerprint density at radius 3 is 2.65 bits per heavy atom. The van der Waals surface area contributed by atoms with Crippen LogP contribution in [-0.2, 0) is 6.54 Å². The van der Waals surface area contributed by atoms with Gasteiger partial charge in [-0.2, -0.15) is 0 Å². The van der Waals surface area contributed by atoms with E-state index in [-0.39, 0.29) is 6.04 Å². The third kappa shape index (κ3) is 2.59. The zero-order chi connectivity index (χ0) is 14.1. The SMILES string of the molecule is CN1Cc2ccccc2[C@H]1C[C@H](O)c1ccc(Cl)cc1. The van der Waals surface area contributed by atoms with E-state index in [1.807, 2.05) is 24.3 Å². The molecule has 0 saturated heterocycles. The van der Waals surface area contributed by atoms with Gasteiger partial charge in [-0.1, -0.05) is 48.0 Å². The van der Waals surface area contributed by atoms with Gasteiger partial charge in [0, 0.05) is 17.6 Å². The van der Waals surface area contributed by atoms with Crippen LogP contribution in [0.5, 0.6) is 0 Å². The fraction of sp³-hybridized carbons (Fsp3) is 0.294. The zero-order valence-electron chi connectivity index (χ0n) is 11.5. The highest BCUT2D eigenvalue weighted by Crippen LogP contribution is 2.38. The van der Waals surface area contributed by atoms with E-state index in [4.69, 9.17) is 11.6 Å². The number of hydrogen-bond donors (Lipinski definition) is 1. The Morgan fingerprint density at radius 1 is 1.20 bits per heavy atom. The van der Waals surface area contributed by atoms with Gasteiger partial charge in [-0.25, -0.2) is 0 Å². The molecule has 0 fully saturated rings. The number of rotatable bonds is 3. The lowest BCUT2D eigenvalue weighted by atomic mass is 9.96. The second-order valence-corrected chi connectivity index (χ2v) is 5.87. The molecule has 1 aliphatic rings. The van der Waals surface area contributed by atoms with Crippen molar-refractivity contribution in [2.24, 2.45) is 0 Å². The topological polar surface area (TPSA) is 23.5 Å². The van der Waals surface area contributed by atoms with Crippen molar-refractivity contribution in [2.75, 3.05) is 7.05 Å². The van der Waals surface area contributed by atoms with Gasteiger partial charge in [-0.3, -0.25) is 4.90 Å². The van der Waals surface area contributed by atoms with E-state index in [0.29, 0.717) is 11.4 Å². The maximum atomic E-state index is 10.4. The van der Waals surface area contributed by atoms with Crippen LogP contribution in [0.25, 0.3) is 0 Å². The first-order chi connectivity index (χ1) is 9.65. The van der Waals surface area contributed by atoms with Crippen molar-refractivity contribution in [3.05, 3.63) is 70.2 Å². The average Bonchev–Trinajstić information content (AvgIpc) is 2.76. The minimum atomic E-state index is -0.467. The van der Waals surface area contributed by atoms with E-state index in [9.17, 15) is 5.11 Å². The summed E-state index contributed by atoms with van der Waals surface area (Å²) in [5, 5.41) is 11.1. The van der Waals surface area contributed by atoms with Gasteiger partial charge in [0.25, 0.3) is 0 Å². The molecule has 3 heteroatoms. The van der Waals surface area contributed by atoms with Crippen LogP contribution in [-0.4, -0.2) is 17.1 Å². The predicted octanol–water partition coefficient (Wildman–Crippen LogP) is 3.95. The van der Waals surface area contributed by atoms with Gasteiger partial charge in [0.15, 0.2) is 0 Å². The Morgan fingerprint density at radius 2 is 1.90 bits per heavy atom. The molecule has 0 aliphatic carbocycles. The van der Waals surface area contributed by atoms with Crippen molar-refractivity contribution in [3.8, 4) is 0 Å². The van der Waals surface area contributed by atoms with E-state index in [1.165, 1.54) is 11.1 Å². The van der Waals surface area contributed by atoms with Gasteiger partial charge in [-0.15, -0.1) is 0 Å². The third-order valence-corrected chi connectivity index (χ3v) is 4.32. The predicted molar refractivity (Wildman–Crippen MR) is 81.7 cm³/mol. The number of aliphatic hydroxyl groups is 1. The molecule has 2 aromatic carbocycles. The molecule has 1 N–H and O–H groups in total. The summed E-state index contributed by atoms with van der Waals surface area (Å²) in [5.74, 6) is 0. The summed E-state index contributed by atoms with van der Waals surface area (Å²) in [6, 6.07) is 16.2. The van der Waals surface area contributed by atoms with Gasteiger partial charge in [0.1, 0.15) is 0 Å². The smallest absolute Gasteiger partial charge is 0.0808 e. The number of aliphatic hydroxyl groups excluding tert-OH is 1. The van der Waals surface area contributed by atoms with Crippen LogP contribution in [0.15, 0.2) is 48.5 Å². The van der Waals surface area contributed by atoms with Gasteiger partial charge in [0.05, 0.1) is 6.10 Å². The van der Waals surface area contributed by atoms with Crippen LogP contribution < -0.4 is 0 Å². The Balaban J connectivity index is 1.79. The second-order valence-electron chi connectivity index (χ2n) is 5.43. The fourth-order valence-electron chi connectivity index (χ4n) is 2.96. The van der Waals surface area contributed by atoms with Crippen molar-refractivity contribution in [2.45, 2.75) is 25.1 Å². The molecule has 104 valence electrons. The van der Waals surface area contributed by atoms with Crippen LogP contribution in [0.4, 0.5) is 0 Å². The number of nitrogens with zero attached hydrogens (tertiary/aromatic N) is 1. The number of fused-ring (bicyclic) bond motifs is 1. The molecular weight excluding hydrogens is 270 g/mol. The summed E-state index contributed by atoms with van der Waals surface area (Å²) in [7, 11) is 2.11. The molecule has 1 aliphatic heterocycles. The first-order valence-electron chi connectivity index (χ1n) is 6.86. The molecule has 2 aromatic rings. The highest BCUT2D eigenvalue weighted by molar-refractivity contribution is 6.30. The Hall–Kier alpha value is -1.35. The van der Waals surface area contributed by atoms with E-state index >= 15 is 0 Å². The largest absolute Gasteiger partial charge is 0.388 e. The van der Waals surface area contributed by atoms with E-state index in [1.54, 1.807) is 0 Å². The van der Waals surface area contributed by atoms with Gasteiger partial charge < -0.3 is 5.11 Å². The Labute approximate surface area is 124 Å². The molecule has 2 atom stereocenters. The second kappa shape index (κ2) is 5.57. The van der Waals surface area contributed by atoms with E-state index in [2.05, 4.69) is 36.2 Å². The van der Waals surface area contributed by atoms with Crippen molar-refractivity contribution in [1.82, 2.24) is 4.90 Å².